The van der Waals surface area contributed by atoms with Crippen LogP contribution in [-0.4, -0.2) is 63.7 Å². The number of nitrogens with zero attached hydrogens (tertiary/aromatic N) is 2. The number of aromatic nitrogens is 1. The van der Waals surface area contributed by atoms with Gasteiger partial charge in [0.05, 0.1) is 29.1 Å². The van der Waals surface area contributed by atoms with Crippen LogP contribution in [-0.2, 0) is 16.0 Å². The molecule has 4 atom stereocenters. The van der Waals surface area contributed by atoms with Crippen molar-refractivity contribution in [2.75, 3.05) is 6.54 Å². The first-order valence-corrected chi connectivity index (χ1v) is 14.4. The van der Waals surface area contributed by atoms with Crippen LogP contribution >= 0.6 is 0 Å². The van der Waals surface area contributed by atoms with E-state index in [0.29, 0.717) is 19.4 Å². The maximum atomic E-state index is 13.4. The van der Waals surface area contributed by atoms with Crippen LogP contribution in [0, 0.1) is 23.7 Å². The van der Waals surface area contributed by atoms with Crippen LogP contribution in [0.5, 0.6) is 0 Å². The highest BCUT2D eigenvalue weighted by molar-refractivity contribution is 5.86. The summed E-state index contributed by atoms with van der Waals surface area (Å²) >= 11 is 0. The summed E-state index contributed by atoms with van der Waals surface area (Å²) in [5.41, 5.74) is 6.01. The maximum Gasteiger partial charge on any atom is 0.253 e. The summed E-state index contributed by atoms with van der Waals surface area (Å²) in [6, 6.07) is 6.02. The monoisotopic (exact) mass is 565 g/mol. The molecular formula is C31H45N6O4-. The first-order chi connectivity index (χ1) is 19.2. The van der Waals surface area contributed by atoms with Crippen LogP contribution in [0.25, 0.3) is 17.0 Å². The molecule has 10 nitrogen and oxygen atoms in total. The number of hydrazine groups is 1. The van der Waals surface area contributed by atoms with Crippen LogP contribution in [0.4, 0.5) is 0 Å². The molecule has 0 bridgehead atoms. The van der Waals surface area contributed by atoms with E-state index in [4.69, 9.17) is 10.4 Å². The van der Waals surface area contributed by atoms with Crippen molar-refractivity contribution in [1.29, 1.82) is 5.41 Å². The molecule has 41 heavy (non-hydrogen) atoms. The molecule has 0 saturated carbocycles. The minimum atomic E-state index is -1.20. The normalized spacial score (nSPS) is 18.5. The third kappa shape index (κ3) is 8.12. The number of hydrogen-bond acceptors (Lipinski definition) is 8. The number of benzene rings is 1. The Morgan fingerprint density at radius 3 is 2.63 bits per heavy atom. The van der Waals surface area contributed by atoms with Crippen LogP contribution in [0.3, 0.4) is 0 Å². The molecule has 2 unspecified atom stereocenters. The van der Waals surface area contributed by atoms with Gasteiger partial charge in [0, 0.05) is 17.6 Å². The van der Waals surface area contributed by atoms with Crippen LogP contribution in [0.2, 0.25) is 0 Å². The van der Waals surface area contributed by atoms with Crippen molar-refractivity contribution in [1.82, 2.24) is 26.1 Å². The number of aryl methyl sites for hydroxylation is 2. The lowest BCUT2D eigenvalue weighted by molar-refractivity contribution is -0.225. The Balaban J connectivity index is 1.66. The van der Waals surface area contributed by atoms with E-state index < -0.39 is 35.7 Å². The lowest BCUT2D eigenvalue weighted by Gasteiger charge is -2.38. The third-order valence-corrected chi connectivity index (χ3v) is 7.67. The van der Waals surface area contributed by atoms with Crippen molar-refractivity contribution in [3.8, 4) is 0 Å². The van der Waals surface area contributed by atoms with E-state index in [1.807, 2.05) is 58.0 Å². The van der Waals surface area contributed by atoms with Crippen molar-refractivity contribution in [3.05, 3.63) is 47.2 Å². The first-order valence-electron chi connectivity index (χ1n) is 14.4. The second kappa shape index (κ2) is 13.5. The smallest absolute Gasteiger partial charge is 0.253 e. The van der Waals surface area contributed by atoms with Crippen molar-refractivity contribution >= 4 is 34.7 Å². The Labute approximate surface area is 243 Å². The molecule has 0 spiro atoms. The quantitative estimate of drug-likeness (QED) is 0.159. The molecule has 2 heterocycles. The largest absolute Gasteiger partial charge is 0.861 e. The molecule has 1 saturated heterocycles. The molecule has 224 valence electrons. The van der Waals surface area contributed by atoms with Gasteiger partial charge in [-0.2, -0.15) is 0 Å². The van der Waals surface area contributed by atoms with E-state index in [-0.39, 0.29) is 17.7 Å². The molecular weight excluding hydrogens is 520 g/mol. The van der Waals surface area contributed by atoms with Gasteiger partial charge in [-0.1, -0.05) is 45.1 Å². The molecule has 10 heteroatoms. The Bertz CT molecular complexity index is 1290. The van der Waals surface area contributed by atoms with Crippen LogP contribution < -0.4 is 21.2 Å². The number of pyridine rings is 1. The third-order valence-electron chi connectivity index (χ3n) is 7.67. The van der Waals surface area contributed by atoms with Gasteiger partial charge in [-0.25, -0.2) is 5.43 Å². The van der Waals surface area contributed by atoms with Gasteiger partial charge in [0.15, 0.2) is 0 Å². The molecule has 0 aliphatic carbocycles. The number of aliphatic hydroxyl groups is 1. The number of amides is 2. The number of aliphatic hydroxyl groups excluding tert-OH is 1. The van der Waals surface area contributed by atoms with Crippen molar-refractivity contribution in [3.63, 3.8) is 0 Å². The zero-order valence-corrected chi connectivity index (χ0v) is 25.2. The SMILES string of the molecule is CCc1nc2cc(/C=C/C(C)(C)C(=O)NC(C(C)C)C(O)N[C@@H](C)C(=O)N3CCC[C@@H](C(=N)[O-])N3)ccc2cc1C. The second-order valence-electron chi connectivity index (χ2n) is 11.9. The fraction of sp³-hybridized carbons (Fsp3) is 0.548. The van der Waals surface area contributed by atoms with E-state index in [2.05, 4.69) is 36.0 Å². The minimum Gasteiger partial charge on any atom is -0.861 e. The molecule has 1 fully saturated rings. The average molecular weight is 566 g/mol. The number of rotatable bonds is 11. The number of hydrogen-bond donors (Lipinski definition) is 5. The highest BCUT2D eigenvalue weighted by Gasteiger charge is 2.33. The number of carbonyl (C=O) groups excluding carboxylic acids is 2. The van der Waals surface area contributed by atoms with E-state index in [1.54, 1.807) is 6.92 Å². The fourth-order valence-electron chi connectivity index (χ4n) is 4.92. The predicted octanol–water partition coefficient (Wildman–Crippen LogP) is 2.42. The standard InChI is InChI=1S/C31H46N6O4/c1-8-23-19(4)16-22-12-11-21(17-25(22)34-23)13-14-31(6,7)30(41)35-26(18(2)3)28(39)33-20(5)29(40)37-15-9-10-24(36-37)27(32)38/h11-14,16-18,20,24,26,28,33,36,39H,8-10,15H2,1-7H3,(H2,32,38)(H,35,41)/p-1/b14-13+/t20-,24-,26?,28?/m0/s1. The van der Waals surface area contributed by atoms with Crippen LogP contribution in [0.15, 0.2) is 30.3 Å². The summed E-state index contributed by atoms with van der Waals surface area (Å²) in [5.74, 6) is -1.51. The summed E-state index contributed by atoms with van der Waals surface area (Å²) in [4.78, 5) is 31.1. The Hall–Kier alpha value is -3.34. The lowest BCUT2D eigenvalue weighted by Crippen LogP contribution is -2.62. The molecule has 1 aliphatic rings. The van der Waals surface area contributed by atoms with Gasteiger partial charge in [-0.3, -0.25) is 24.9 Å². The summed E-state index contributed by atoms with van der Waals surface area (Å²) in [6.07, 6.45) is 4.52. The van der Waals surface area contributed by atoms with Crippen molar-refractivity contribution in [2.24, 2.45) is 11.3 Å². The lowest BCUT2D eigenvalue weighted by atomic mass is 9.89. The van der Waals surface area contributed by atoms with Gasteiger partial charge in [-0.15, -0.1) is 0 Å². The topological polar surface area (TPSA) is 154 Å². The Morgan fingerprint density at radius 1 is 1.29 bits per heavy atom. The molecule has 3 rings (SSSR count). The highest BCUT2D eigenvalue weighted by atomic mass is 16.3. The van der Waals surface area contributed by atoms with Gasteiger partial charge >= 0.3 is 0 Å². The minimum absolute atomic E-state index is 0.134. The van der Waals surface area contributed by atoms with E-state index in [1.165, 1.54) is 10.6 Å². The maximum absolute atomic E-state index is 13.4. The summed E-state index contributed by atoms with van der Waals surface area (Å²) in [5, 5.41) is 38.0. The van der Waals surface area contributed by atoms with Gasteiger partial charge < -0.3 is 20.9 Å². The van der Waals surface area contributed by atoms with Crippen molar-refractivity contribution < 1.29 is 19.8 Å². The zero-order valence-electron chi connectivity index (χ0n) is 25.2. The molecule has 1 aliphatic heterocycles. The summed E-state index contributed by atoms with van der Waals surface area (Å²) < 4.78 is 0. The van der Waals surface area contributed by atoms with E-state index in [0.717, 1.165) is 28.6 Å². The fourth-order valence-corrected chi connectivity index (χ4v) is 4.92. The Kier molecular flexibility index (Phi) is 10.6. The van der Waals surface area contributed by atoms with Gasteiger partial charge in [-0.05, 0) is 82.0 Å². The number of nitrogens with one attached hydrogen (secondary N) is 4. The van der Waals surface area contributed by atoms with E-state index >= 15 is 0 Å². The molecule has 5 N–H and O–H groups in total. The first kappa shape index (κ1) is 32.2. The summed E-state index contributed by atoms with van der Waals surface area (Å²) in [7, 11) is 0. The highest BCUT2D eigenvalue weighted by Crippen LogP contribution is 2.23. The average Bonchev–Trinajstić information content (AvgIpc) is 2.93. The van der Waals surface area contributed by atoms with Gasteiger partial charge in [0.25, 0.3) is 5.91 Å². The zero-order chi connectivity index (χ0) is 30.5. The van der Waals surface area contributed by atoms with Crippen LogP contribution in [0.1, 0.15) is 71.2 Å². The molecule has 2 amide bonds. The summed E-state index contributed by atoms with van der Waals surface area (Å²) in [6.45, 7) is 13.6. The van der Waals surface area contributed by atoms with Gasteiger partial charge in [0.1, 0.15) is 6.23 Å². The second-order valence-corrected chi connectivity index (χ2v) is 11.9. The molecule has 2 aromatic rings. The molecule has 1 aromatic carbocycles. The van der Waals surface area contributed by atoms with E-state index in [9.17, 15) is 19.8 Å². The predicted molar refractivity (Wildman–Crippen MR) is 160 cm³/mol. The number of fused-ring (bicyclic) bond motifs is 1. The van der Waals surface area contributed by atoms with Crippen molar-refractivity contribution in [2.45, 2.75) is 92.1 Å². The molecule has 1 aromatic heterocycles. The number of carbonyl (C=O) groups is 2. The van der Waals surface area contributed by atoms with Gasteiger partial charge in [0.2, 0.25) is 5.91 Å². The molecule has 0 radical (unpaired) electrons. The Morgan fingerprint density at radius 2 is 2.00 bits per heavy atom.